The molecule has 10 heteroatoms. The predicted molar refractivity (Wildman–Crippen MR) is 129 cm³/mol. The van der Waals surface area contributed by atoms with E-state index in [2.05, 4.69) is 22.2 Å². The number of aromatic nitrogens is 2. The van der Waals surface area contributed by atoms with E-state index in [4.69, 9.17) is 9.15 Å². The van der Waals surface area contributed by atoms with E-state index in [1.807, 2.05) is 19.9 Å². The van der Waals surface area contributed by atoms with E-state index >= 15 is 0 Å². The molecule has 32 heavy (non-hydrogen) atoms. The zero-order valence-electron chi connectivity index (χ0n) is 18.0. The maximum absolute atomic E-state index is 12.8. The van der Waals surface area contributed by atoms with Crippen LogP contribution in [0.5, 0.6) is 0 Å². The molecule has 0 saturated heterocycles. The van der Waals surface area contributed by atoms with Gasteiger partial charge >= 0.3 is 5.97 Å². The zero-order chi connectivity index (χ0) is 22.8. The highest BCUT2D eigenvalue weighted by molar-refractivity contribution is 8.00. The third-order valence-corrected chi connectivity index (χ3v) is 7.80. The number of thiophene rings is 2. The van der Waals surface area contributed by atoms with Gasteiger partial charge in [-0.2, -0.15) is 0 Å². The first-order chi connectivity index (χ1) is 15.4. The fraction of sp³-hybridized carbons (Fsp3) is 0.273. The van der Waals surface area contributed by atoms with Gasteiger partial charge in [0.05, 0.1) is 12.4 Å². The topological polar surface area (TPSA) is 94.3 Å². The van der Waals surface area contributed by atoms with Gasteiger partial charge in [-0.3, -0.25) is 4.79 Å². The number of carbonyl (C=O) groups is 2. The molecule has 0 unspecified atom stereocenters. The highest BCUT2D eigenvalue weighted by atomic mass is 32.2. The molecule has 7 nitrogen and oxygen atoms in total. The van der Waals surface area contributed by atoms with Crippen molar-refractivity contribution < 1.29 is 18.7 Å². The molecular weight excluding hydrogens is 466 g/mol. The molecule has 4 aromatic heterocycles. The van der Waals surface area contributed by atoms with E-state index in [1.54, 1.807) is 29.7 Å². The molecule has 0 bridgehead atoms. The van der Waals surface area contributed by atoms with Gasteiger partial charge in [0.1, 0.15) is 38.3 Å². The average Bonchev–Trinajstić information content (AvgIpc) is 3.44. The summed E-state index contributed by atoms with van der Waals surface area (Å²) in [5.41, 5.74) is 2.04. The summed E-state index contributed by atoms with van der Waals surface area (Å²) in [5, 5.41) is 6.86. The zero-order valence-corrected chi connectivity index (χ0v) is 20.4. The Hall–Kier alpha value is -2.69. The van der Waals surface area contributed by atoms with Gasteiger partial charge in [0, 0.05) is 21.2 Å². The average molecular weight is 488 g/mol. The third kappa shape index (κ3) is 4.43. The summed E-state index contributed by atoms with van der Waals surface area (Å²) in [6.45, 7) is 7.90. The quantitative estimate of drug-likeness (QED) is 0.199. The summed E-state index contributed by atoms with van der Waals surface area (Å²) >= 11 is 4.23. The van der Waals surface area contributed by atoms with Gasteiger partial charge in [0.15, 0.2) is 0 Å². The number of carbonyl (C=O) groups excluding carboxylic acids is 2. The van der Waals surface area contributed by atoms with Crippen LogP contribution in [0.2, 0.25) is 0 Å². The number of rotatable bonds is 7. The molecule has 4 rings (SSSR count). The van der Waals surface area contributed by atoms with Crippen LogP contribution in [0.15, 0.2) is 33.3 Å². The minimum Gasteiger partial charge on any atom is -0.462 e. The molecule has 0 saturated carbocycles. The van der Waals surface area contributed by atoms with Gasteiger partial charge in [0.2, 0.25) is 5.91 Å². The van der Waals surface area contributed by atoms with Crippen LogP contribution < -0.4 is 5.32 Å². The van der Waals surface area contributed by atoms with Crippen molar-refractivity contribution in [1.82, 2.24) is 9.97 Å². The van der Waals surface area contributed by atoms with Crippen molar-refractivity contribution in [3.63, 3.8) is 0 Å². The summed E-state index contributed by atoms with van der Waals surface area (Å²) in [5.74, 6) is 0.709. The van der Waals surface area contributed by atoms with Crippen molar-refractivity contribution in [2.24, 2.45) is 0 Å². The summed E-state index contributed by atoms with van der Waals surface area (Å²) in [4.78, 5) is 36.2. The van der Waals surface area contributed by atoms with E-state index in [9.17, 15) is 9.59 Å². The summed E-state index contributed by atoms with van der Waals surface area (Å²) in [7, 11) is 0. The number of nitrogens with one attached hydrogen (secondary N) is 1. The molecular formula is C22H21N3O4S3. The number of hydrogen-bond acceptors (Lipinski definition) is 9. The number of furan rings is 1. The van der Waals surface area contributed by atoms with Gasteiger partial charge in [-0.05, 0) is 45.4 Å². The summed E-state index contributed by atoms with van der Waals surface area (Å²) in [6, 6.07) is 3.63. The van der Waals surface area contributed by atoms with E-state index in [0.717, 1.165) is 26.6 Å². The number of amides is 1. The maximum atomic E-state index is 12.8. The lowest BCUT2D eigenvalue weighted by Gasteiger charge is -2.08. The van der Waals surface area contributed by atoms with Crippen molar-refractivity contribution in [1.29, 1.82) is 0 Å². The molecule has 1 N–H and O–H groups in total. The van der Waals surface area contributed by atoms with Crippen LogP contribution in [0.25, 0.3) is 21.5 Å². The molecule has 0 spiro atoms. The normalized spacial score (nSPS) is 11.1. The van der Waals surface area contributed by atoms with Crippen molar-refractivity contribution in [3.8, 4) is 11.3 Å². The van der Waals surface area contributed by atoms with Crippen molar-refractivity contribution in [3.05, 3.63) is 45.6 Å². The number of fused-ring (bicyclic) bond motifs is 1. The fourth-order valence-electron chi connectivity index (χ4n) is 3.17. The lowest BCUT2D eigenvalue weighted by Crippen LogP contribution is -2.16. The maximum Gasteiger partial charge on any atom is 0.341 e. The van der Waals surface area contributed by atoms with Crippen LogP contribution >= 0.6 is 34.4 Å². The number of nitrogens with zero attached hydrogens (tertiary/aromatic N) is 2. The number of esters is 1. The molecule has 4 heterocycles. The molecule has 166 valence electrons. The molecule has 0 atom stereocenters. The number of thioether (sulfide) groups is 1. The minimum atomic E-state index is -0.498. The van der Waals surface area contributed by atoms with Crippen molar-refractivity contribution in [2.75, 3.05) is 17.7 Å². The Morgan fingerprint density at radius 3 is 2.75 bits per heavy atom. The van der Waals surface area contributed by atoms with Gasteiger partial charge in [-0.1, -0.05) is 11.8 Å². The molecule has 4 aromatic rings. The predicted octanol–water partition coefficient (Wildman–Crippen LogP) is 5.85. The first kappa shape index (κ1) is 22.5. The Morgan fingerprint density at radius 1 is 1.22 bits per heavy atom. The van der Waals surface area contributed by atoms with Crippen LogP contribution in [0.1, 0.15) is 33.5 Å². The van der Waals surface area contributed by atoms with Crippen molar-refractivity contribution in [2.45, 2.75) is 32.7 Å². The number of aryl methyl sites for hydroxylation is 3. The first-order valence-corrected chi connectivity index (χ1v) is 12.6. The second kappa shape index (κ2) is 9.43. The van der Waals surface area contributed by atoms with Gasteiger partial charge in [-0.25, -0.2) is 14.8 Å². The highest BCUT2D eigenvalue weighted by Gasteiger charge is 2.24. The van der Waals surface area contributed by atoms with Gasteiger partial charge < -0.3 is 14.5 Å². The lowest BCUT2D eigenvalue weighted by atomic mass is 10.1. The van der Waals surface area contributed by atoms with E-state index in [1.165, 1.54) is 34.3 Å². The number of hydrogen-bond donors (Lipinski definition) is 1. The number of ether oxygens (including phenoxy) is 1. The second-order valence-corrected chi connectivity index (χ2v) is 10.0. The Labute approximate surface area is 197 Å². The van der Waals surface area contributed by atoms with Gasteiger partial charge in [-0.15, -0.1) is 22.7 Å². The highest BCUT2D eigenvalue weighted by Crippen LogP contribution is 2.38. The van der Waals surface area contributed by atoms with Crippen molar-refractivity contribution >= 4 is 61.5 Å². The summed E-state index contributed by atoms with van der Waals surface area (Å²) in [6.07, 6.45) is 1.52. The molecule has 0 radical (unpaired) electrons. The molecule has 0 aromatic carbocycles. The third-order valence-electron chi connectivity index (χ3n) is 4.80. The molecule has 1 amide bonds. The molecule has 0 fully saturated rings. The Morgan fingerprint density at radius 2 is 2.03 bits per heavy atom. The Bertz CT molecular complexity index is 1310. The fourth-order valence-corrected chi connectivity index (χ4v) is 6.04. The van der Waals surface area contributed by atoms with Crippen LogP contribution in [-0.4, -0.2) is 34.2 Å². The van der Waals surface area contributed by atoms with Crippen LogP contribution in [0.4, 0.5) is 5.00 Å². The van der Waals surface area contributed by atoms with Crippen LogP contribution in [0, 0.1) is 20.8 Å². The molecule has 0 aliphatic heterocycles. The Balaban J connectivity index is 1.55. The SMILES string of the molecule is CCOC(=O)c1c(-c2ccc(C)o2)csc1NC(=O)CSc1ncnc2sc(C)c(C)c12. The number of anilines is 1. The minimum absolute atomic E-state index is 0.149. The largest absolute Gasteiger partial charge is 0.462 e. The standard InChI is InChI=1S/C22H21N3O4S3/c1-5-28-22(27)18-14(15-7-6-11(2)29-15)8-30-21(18)25-16(26)9-31-19-17-12(3)13(4)32-20(17)24-10-23-19/h6-8,10H,5,9H2,1-4H3,(H,25,26). The lowest BCUT2D eigenvalue weighted by molar-refractivity contribution is -0.113. The smallest absolute Gasteiger partial charge is 0.341 e. The first-order valence-electron chi connectivity index (χ1n) is 9.87. The molecule has 0 aliphatic carbocycles. The Kier molecular flexibility index (Phi) is 6.63. The summed E-state index contributed by atoms with van der Waals surface area (Å²) < 4.78 is 10.9. The second-order valence-electron chi connectivity index (χ2n) is 6.96. The van der Waals surface area contributed by atoms with E-state index in [-0.39, 0.29) is 18.3 Å². The van der Waals surface area contributed by atoms with Crippen LogP contribution in [-0.2, 0) is 9.53 Å². The molecule has 0 aliphatic rings. The van der Waals surface area contributed by atoms with Gasteiger partial charge in [0.25, 0.3) is 0 Å². The monoisotopic (exact) mass is 487 g/mol. The van der Waals surface area contributed by atoms with Crippen LogP contribution in [0.3, 0.4) is 0 Å². The van der Waals surface area contributed by atoms with E-state index in [0.29, 0.717) is 21.9 Å². The van der Waals surface area contributed by atoms with E-state index < -0.39 is 5.97 Å².